The minimum absolute atomic E-state index is 0.110. The number of quaternary nitrogens is 1. The molecule has 1 atom stereocenters. The van der Waals surface area contributed by atoms with Crippen LogP contribution in [-0.2, 0) is 11.3 Å². The standard InChI is InChI=1S/C22H23ClN2OS/c1-16-5-9-18(10-6-16)22(20-4-3-13-27-20)24-14-21(26)25(2)15-17-7-11-19(23)12-8-17/h3-13,22,24H,14-15H2,1-2H3/p+1/t22-/m1/s1. The van der Waals surface area contributed by atoms with Gasteiger partial charge in [0.2, 0.25) is 0 Å². The van der Waals surface area contributed by atoms with Crippen LogP contribution in [0.15, 0.2) is 66.0 Å². The molecule has 2 N–H and O–H groups in total. The van der Waals surface area contributed by atoms with Gasteiger partial charge in [-0.2, -0.15) is 0 Å². The van der Waals surface area contributed by atoms with Crippen molar-refractivity contribution < 1.29 is 10.1 Å². The van der Waals surface area contributed by atoms with Crippen LogP contribution in [0.2, 0.25) is 5.02 Å². The highest BCUT2D eigenvalue weighted by atomic mass is 35.5. The lowest BCUT2D eigenvalue weighted by molar-refractivity contribution is -0.676. The Bertz CT molecular complexity index is 860. The van der Waals surface area contributed by atoms with Crippen molar-refractivity contribution in [3.05, 3.63) is 92.6 Å². The minimum Gasteiger partial charge on any atom is -0.337 e. The zero-order valence-corrected chi connectivity index (χ0v) is 17.1. The van der Waals surface area contributed by atoms with E-state index in [0.29, 0.717) is 18.1 Å². The van der Waals surface area contributed by atoms with Gasteiger partial charge in [-0.1, -0.05) is 59.6 Å². The number of hydrogen-bond donors (Lipinski definition) is 1. The van der Waals surface area contributed by atoms with Crippen LogP contribution in [0.4, 0.5) is 0 Å². The average Bonchev–Trinajstić information content (AvgIpc) is 3.19. The van der Waals surface area contributed by atoms with E-state index in [1.165, 1.54) is 16.0 Å². The largest absolute Gasteiger partial charge is 0.337 e. The molecule has 2 aromatic carbocycles. The number of thiophene rings is 1. The number of carbonyl (C=O) groups excluding carboxylic acids is 1. The van der Waals surface area contributed by atoms with Crippen LogP contribution in [0.3, 0.4) is 0 Å². The second-order valence-corrected chi connectivity index (χ2v) is 8.14. The van der Waals surface area contributed by atoms with Crippen LogP contribution in [-0.4, -0.2) is 24.4 Å². The zero-order valence-electron chi connectivity index (χ0n) is 15.6. The van der Waals surface area contributed by atoms with Crippen molar-refractivity contribution in [3.8, 4) is 0 Å². The lowest BCUT2D eigenvalue weighted by atomic mass is 10.0. The molecule has 0 radical (unpaired) electrons. The number of aryl methyl sites for hydroxylation is 1. The molecular formula is C22H24ClN2OS+. The van der Waals surface area contributed by atoms with E-state index >= 15 is 0 Å². The number of rotatable bonds is 7. The first kappa shape index (κ1) is 19.6. The molecule has 0 bridgehead atoms. The van der Waals surface area contributed by atoms with E-state index in [1.807, 2.05) is 31.3 Å². The maximum atomic E-state index is 12.6. The first-order valence-corrected chi connectivity index (χ1v) is 10.2. The van der Waals surface area contributed by atoms with E-state index in [4.69, 9.17) is 11.6 Å². The molecule has 1 aromatic heterocycles. The van der Waals surface area contributed by atoms with Crippen LogP contribution in [0.5, 0.6) is 0 Å². The summed E-state index contributed by atoms with van der Waals surface area (Å²) in [6, 6.07) is 20.5. The van der Waals surface area contributed by atoms with Crippen molar-refractivity contribution in [1.82, 2.24) is 4.90 Å². The number of hydrogen-bond acceptors (Lipinski definition) is 2. The third kappa shape index (κ3) is 5.42. The molecule has 0 saturated carbocycles. The predicted molar refractivity (Wildman–Crippen MR) is 112 cm³/mol. The number of carbonyl (C=O) groups is 1. The van der Waals surface area contributed by atoms with Crippen molar-refractivity contribution in [2.24, 2.45) is 0 Å². The van der Waals surface area contributed by atoms with Gasteiger partial charge in [0.15, 0.2) is 6.54 Å². The zero-order chi connectivity index (χ0) is 19.2. The molecule has 0 aliphatic heterocycles. The Morgan fingerprint density at radius 3 is 2.44 bits per heavy atom. The molecule has 3 rings (SSSR count). The van der Waals surface area contributed by atoms with Crippen LogP contribution in [0, 0.1) is 6.92 Å². The number of amides is 1. The van der Waals surface area contributed by atoms with Crippen LogP contribution in [0.25, 0.3) is 0 Å². The third-order valence-corrected chi connectivity index (χ3v) is 5.78. The molecule has 5 heteroatoms. The van der Waals surface area contributed by atoms with Gasteiger partial charge in [0, 0.05) is 24.2 Å². The third-order valence-electron chi connectivity index (χ3n) is 4.57. The lowest BCUT2D eigenvalue weighted by Gasteiger charge is -2.19. The van der Waals surface area contributed by atoms with E-state index in [2.05, 4.69) is 54.0 Å². The minimum atomic E-state index is 0.110. The summed E-state index contributed by atoms with van der Waals surface area (Å²) in [4.78, 5) is 15.7. The van der Waals surface area contributed by atoms with Crippen molar-refractivity contribution in [2.75, 3.05) is 13.6 Å². The molecule has 0 spiro atoms. The Hall–Kier alpha value is -2.14. The number of likely N-dealkylation sites (N-methyl/N-ethyl adjacent to an activating group) is 1. The van der Waals surface area contributed by atoms with E-state index < -0.39 is 0 Å². The summed E-state index contributed by atoms with van der Waals surface area (Å²) in [5.74, 6) is 0.110. The van der Waals surface area contributed by atoms with Gasteiger partial charge >= 0.3 is 0 Å². The smallest absolute Gasteiger partial charge is 0.277 e. The van der Waals surface area contributed by atoms with Gasteiger partial charge in [-0.05, 0) is 36.1 Å². The fourth-order valence-electron chi connectivity index (χ4n) is 2.98. The van der Waals surface area contributed by atoms with Gasteiger partial charge < -0.3 is 10.2 Å². The highest BCUT2D eigenvalue weighted by molar-refractivity contribution is 7.10. The maximum Gasteiger partial charge on any atom is 0.277 e. The maximum absolute atomic E-state index is 12.6. The molecule has 3 nitrogen and oxygen atoms in total. The Balaban J connectivity index is 1.65. The summed E-state index contributed by atoms with van der Waals surface area (Å²) in [5.41, 5.74) is 3.53. The summed E-state index contributed by atoms with van der Waals surface area (Å²) >= 11 is 7.65. The molecule has 3 aromatic rings. The average molecular weight is 400 g/mol. The number of halogens is 1. The topological polar surface area (TPSA) is 36.9 Å². The van der Waals surface area contributed by atoms with Gasteiger partial charge in [0.1, 0.15) is 6.04 Å². The quantitative estimate of drug-likeness (QED) is 0.640. The molecule has 0 aliphatic carbocycles. The SMILES string of the molecule is Cc1ccc([C@@H]([NH2+]CC(=O)N(C)Cc2ccc(Cl)cc2)c2cccs2)cc1. The van der Waals surface area contributed by atoms with Gasteiger partial charge in [0.05, 0.1) is 4.88 Å². The summed E-state index contributed by atoms with van der Waals surface area (Å²) in [5, 5.41) is 4.91. The Kier molecular flexibility index (Phi) is 6.67. The molecule has 1 heterocycles. The van der Waals surface area contributed by atoms with Crippen LogP contribution in [0.1, 0.15) is 27.6 Å². The van der Waals surface area contributed by atoms with Crippen molar-refractivity contribution in [2.45, 2.75) is 19.5 Å². The second kappa shape index (κ2) is 9.18. The monoisotopic (exact) mass is 399 g/mol. The Labute approximate surface area is 169 Å². The van der Waals surface area contributed by atoms with Crippen LogP contribution < -0.4 is 5.32 Å². The normalized spacial score (nSPS) is 12.0. The van der Waals surface area contributed by atoms with Crippen molar-refractivity contribution in [3.63, 3.8) is 0 Å². The van der Waals surface area contributed by atoms with Crippen molar-refractivity contribution in [1.29, 1.82) is 0 Å². The fraction of sp³-hybridized carbons (Fsp3) is 0.227. The number of nitrogens with zero attached hydrogens (tertiary/aromatic N) is 1. The summed E-state index contributed by atoms with van der Waals surface area (Å²) in [7, 11) is 1.84. The molecule has 0 unspecified atom stereocenters. The highest BCUT2D eigenvalue weighted by Crippen LogP contribution is 2.23. The van der Waals surface area contributed by atoms with Gasteiger partial charge in [0.25, 0.3) is 5.91 Å². The van der Waals surface area contributed by atoms with Gasteiger partial charge in [-0.25, -0.2) is 0 Å². The van der Waals surface area contributed by atoms with E-state index in [9.17, 15) is 4.79 Å². The molecular weight excluding hydrogens is 376 g/mol. The number of benzene rings is 2. The van der Waals surface area contributed by atoms with E-state index in [-0.39, 0.29) is 11.9 Å². The Morgan fingerprint density at radius 1 is 1.11 bits per heavy atom. The molecule has 140 valence electrons. The molecule has 0 aliphatic rings. The van der Waals surface area contributed by atoms with Gasteiger partial charge in [-0.15, -0.1) is 11.3 Å². The highest BCUT2D eigenvalue weighted by Gasteiger charge is 2.21. The first-order valence-electron chi connectivity index (χ1n) is 8.94. The first-order chi connectivity index (χ1) is 13.0. The van der Waals surface area contributed by atoms with E-state index in [1.54, 1.807) is 16.2 Å². The lowest BCUT2D eigenvalue weighted by Crippen LogP contribution is -2.87. The molecule has 0 fully saturated rings. The summed E-state index contributed by atoms with van der Waals surface area (Å²) in [6.45, 7) is 3.07. The second-order valence-electron chi connectivity index (χ2n) is 6.72. The predicted octanol–water partition coefficient (Wildman–Crippen LogP) is 4.02. The summed E-state index contributed by atoms with van der Waals surface area (Å²) < 4.78 is 0. The van der Waals surface area contributed by atoms with Gasteiger partial charge in [-0.3, -0.25) is 4.79 Å². The summed E-state index contributed by atoms with van der Waals surface area (Å²) in [6.07, 6.45) is 0. The van der Waals surface area contributed by atoms with E-state index in [0.717, 1.165) is 5.56 Å². The molecule has 0 saturated heterocycles. The fourth-order valence-corrected chi connectivity index (χ4v) is 3.96. The molecule has 27 heavy (non-hydrogen) atoms. The van der Waals surface area contributed by atoms with Crippen LogP contribution >= 0.6 is 22.9 Å². The Morgan fingerprint density at radius 2 is 1.81 bits per heavy atom. The molecule has 1 amide bonds. The van der Waals surface area contributed by atoms with Crippen molar-refractivity contribution >= 4 is 28.8 Å². The number of nitrogens with two attached hydrogens (primary N) is 1.